The maximum absolute atomic E-state index is 2.59. The molecule has 1 aromatic heterocycles. The zero-order valence-corrected chi connectivity index (χ0v) is 35.8. The van der Waals surface area contributed by atoms with E-state index < -0.39 is 11.0 Å². The van der Waals surface area contributed by atoms with Gasteiger partial charge < -0.3 is 9.47 Å². The Balaban J connectivity index is 1.03. The molecule has 0 spiro atoms. The molecule has 2 aliphatic carbocycles. The van der Waals surface area contributed by atoms with Crippen LogP contribution in [0, 0.1) is 0 Å². The first-order valence-corrected chi connectivity index (χ1v) is 22.4. The molecule has 10 aromatic rings. The van der Waals surface area contributed by atoms with Crippen molar-refractivity contribution < 1.29 is 0 Å². The van der Waals surface area contributed by atoms with Crippen molar-refractivity contribution in [3.8, 4) is 27.9 Å². The van der Waals surface area contributed by atoms with Crippen LogP contribution < -0.4 is 4.90 Å². The van der Waals surface area contributed by atoms with Gasteiger partial charge in [0.05, 0.1) is 22.0 Å². The number of para-hydroxylation sites is 2. The highest BCUT2D eigenvalue weighted by molar-refractivity contribution is 6.10. The summed E-state index contributed by atoms with van der Waals surface area (Å²) in [6.07, 6.45) is 5.71. The molecular formula is C62H46N2. The molecule has 1 atom stereocenters. The molecule has 0 amide bonds. The number of benzene rings is 9. The third kappa shape index (κ3) is 5.94. The lowest BCUT2D eigenvalue weighted by molar-refractivity contribution is 0.525. The molecule has 304 valence electrons. The van der Waals surface area contributed by atoms with Crippen LogP contribution in [0.1, 0.15) is 35.6 Å². The normalized spacial score (nSPS) is 16.2. The van der Waals surface area contributed by atoms with Gasteiger partial charge in [0.15, 0.2) is 0 Å². The van der Waals surface area contributed by atoms with Gasteiger partial charge in [0, 0.05) is 27.8 Å². The smallest absolute Gasteiger partial charge is 0.0677 e. The quantitative estimate of drug-likeness (QED) is 0.148. The summed E-state index contributed by atoms with van der Waals surface area (Å²) in [6, 6.07) is 87.0. The molecule has 2 heteroatoms. The van der Waals surface area contributed by atoms with Crippen molar-refractivity contribution in [2.24, 2.45) is 0 Å². The van der Waals surface area contributed by atoms with E-state index >= 15 is 0 Å². The van der Waals surface area contributed by atoms with Gasteiger partial charge in [0.2, 0.25) is 0 Å². The number of hydrogen-bond donors (Lipinski definition) is 0. The highest BCUT2D eigenvalue weighted by atomic mass is 15.2. The molecule has 1 unspecified atom stereocenters. The molecule has 12 rings (SSSR count). The number of rotatable bonds is 8. The summed E-state index contributed by atoms with van der Waals surface area (Å²) >= 11 is 0. The van der Waals surface area contributed by atoms with E-state index in [9.17, 15) is 0 Å². The second-order valence-corrected chi connectivity index (χ2v) is 17.5. The number of allylic oxidation sites excluding steroid dienone is 2. The van der Waals surface area contributed by atoms with Crippen LogP contribution in [0.3, 0.4) is 0 Å². The second kappa shape index (κ2) is 15.1. The van der Waals surface area contributed by atoms with Gasteiger partial charge in [-0.2, -0.15) is 0 Å². The molecule has 0 saturated carbocycles. The number of aromatic nitrogens is 1. The van der Waals surface area contributed by atoms with Gasteiger partial charge in [0.25, 0.3) is 0 Å². The van der Waals surface area contributed by atoms with E-state index in [0.29, 0.717) is 0 Å². The molecule has 0 saturated heterocycles. The van der Waals surface area contributed by atoms with Crippen molar-refractivity contribution in [2.75, 3.05) is 4.90 Å². The first kappa shape index (κ1) is 37.8. The third-order valence-electron chi connectivity index (χ3n) is 13.8. The van der Waals surface area contributed by atoms with Gasteiger partial charge in [0.1, 0.15) is 0 Å². The molecule has 2 aliphatic rings. The van der Waals surface area contributed by atoms with Gasteiger partial charge >= 0.3 is 0 Å². The van der Waals surface area contributed by atoms with Gasteiger partial charge in [-0.15, -0.1) is 0 Å². The zero-order chi connectivity index (χ0) is 42.7. The summed E-state index contributed by atoms with van der Waals surface area (Å²) < 4.78 is 2.41. The van der Waals surface area contributed by atoms with E-state index in [1.807, 2.05) is 0 Å². The summed E-state index contributed by atoms with van der Waals surface area (Å²) in [4.78, 5) is 2.59. The lowest BCUT2D eigenvalue weighted by atomic mass is 9.63. The summed E-state index contributed by atoms with van der Waals surface area (Å²) in [7, 11) is 0. The Morgan fingerprint density at radius 2 is 1.00 bits per heavy atom. The van der Waals surface area contributed by atoms with Gasteiger partial charge in [-0.1, -0.05) is 200 Å². The van der Waals surface area contributed by atoms with E-state index in [1.54, 1.807) is 0 Å². The van der Waals surface area contributed by atoms with Crippen molar-refractivity contribution in [3.05, 3.63) is 277 Å². The first-order valence-electron chi connectivity index (χ1n) is 22.4. The van der Waals surface area contributed by atoms with Crippen LogP contribution in [0.2, 0.25) is 0 Å². The highest BCUT2D eigenvalue weighted by Gasteiger charge is 2.51. The van der Waals surface area contributed by atoms with E-state index in [0.717, 1.165) is 23.5 Å². The van der Waals surface area contributed by atoms with E-state index in [-0.39, 0.29) is 0 Å². The van der Waals surface area contributed by atoms with Crippen molar-refractivity contribution in [3.63, 3.8) is 0 Å². The largest absolute Gasteiger partial charge is 0.332 e. The van der Waals surface area contributed by atoms with Crippen molar-refractivity contribution in [1.29, 1.82) is 0 Å². The number of fused-ring (bicyclic) bond motifs is 5. The Labute approximate surface area is 375 Å². The molecule has 0 N–H and O–H groups in total. The number of nitrogens with zero attached hydrogens (tertiary/aromatic N) is 2. The fourth-order valence-electron chi connectivity index (χ4n) is 11.0. The van der Waals surface area contributed by atoms with Crippen molar-refractivity contribution in [1.82, 2.24) is 4.57 Å². The van der Waals surface area contributed by atoms with E-state index in [4.69, 9.17) is 0 Å². The number of hydrogen-bond acceptors (Lipinski definition) is 1. The summed E-state index contributed by atoms with van der Waals surface area (Å²) in [5.74, 6) is 0. The molecule has 0 bridgehead atoms. The molecule has 0 aliphatic heterocycles. The lowest BCUT2D eigenvalue weighted by Gasteiger charge is -2.46. The first-order chi connectivity index (χ1) is 31.6. The minimum atomic E-state index is -0.461. The predicted octanol–water partition coefficient (Wildman–Crippen LogP) is 15.8. The van der Waals surface area contributed by atoms with Crippen LogP contribution in [0.5, 0.6) is 0 Å². The molecule has 9 aromatic carbocycles. The minimum absolute atomic E-state index is 0.452. The SMILES string of the molecule is CC1(N(c2ccc(-c3ccccc3)cc2)c2cccc(-c3ccc4c5ccccc5n(-c5ccccc5)c4c3)c2)C=CC2=C(C1)C(c1ccccc1)(c1ccccc1)c1ccccc12. The summed E-state index contributed by atoms with van der Waals surface area (Å²) in [5, 5.41) is 2.51. The third-order valence-corrected chi connectivity index (χ3v) is 13.8. The Kier molecular flexibility index (Phi) is 8.95. The van der Waals surface area contributed by atoms with Crippen LogP contribution in [0.25, 0.3) is 55.3 Å². The molecule has 64 heavy (non-hydrogen) atoms. The fraction of sp³-hybridized carbons (Fsp3) is 0.0645. The second-order valence-electron chi connectivity index (χ2n) is 17.5. The van der Waals surface area contributed by atoms with Crippen molar-refractivity contribution >= 4 is 38.8 Å². The maximum atomic E-state index is 2.59. The summed E-state index contributed by atoms with van der Waals surface area (Å²) in [5.41, 5.74) is 17.7. The van der Waals surface area contributed by atoms with Crippen LogP contribution >= 0.6 is 0 Å². The molecule has 1 heterocycles. The van der Waals surface area contributed by atoms with E-state index in [1.165, 1.54) is 77.5 Å². The minimum Gasteiger partial charge on any atom is -0.332 e. The average Bonchev–Trinajstić information content (AvgIpc) is 3.85. The maximum Gasteiger partial charge on any atom is 0.0677 e. The predicted molar refractivity (Wildman–Crippen MR) is 269 cm³/mol. The molecular weight excluding hydrogens is 773 g/mol. The van der Waals surface area contributed by atoms with Crippen LogP contribution in [-0.2, 0) is 5.41 Å². The van der Waals surface area contributed by atoms with Gasteiger partial charge in [-0.3, -0.25) is 0 Å². The lowest BCUT2D eigenvalue weighted by Crippen LogP contribution is -2.45. The van der Waals surface area contributed by atoms with Gasteiger partial charge in [-0.05, 0) is 118 Å². The van der Waals surface area contributed by atoms with Gasteiger partial charge in [-0.25, -0.2) is 0 Å². The van der Waals surface area contributed by atoms with Crippen LogP contribution in [0.15, 0.2) is 254 Å². The molecule has 2 nitrogen and oxygen atoms in total. The average molecular weight is 819 g/mol. The van der Waals surface area contributed by atoms with Crippen molar-refractivity contribution in [2.45, 2.75) is 24.3 Å². The monoisotopic (exact) mass is 818 g/mol. The zero-order valence-electron chi connectivity index (χ0n) is 35.8. The topological polar surface area (TPSA) is 8.17 Å². The number of anilines is 2. The van der Waals surface area contributed by atoms with E-state index in [2.05, 4.69) is 265 Å². The molecule has 0 radical (unpaired) electrons. The Morgan fingerprint density at radius 1 is 0.438 bits per heavy atom. The van der Waals surface area contributed by atoms with Crippen LogP contribution in [0.4, 0.5) is 11.4 Å². The molecule has 0 fully saturated rings. The fourth-order valence-corrected chi connectivity index (χ4v) is 11.0. The standard InChI is InChI=1S/C62H46N2/c1-61(40-39-54-53-29-14-16-31-57(53)62(58(54)43-61,48-22-8-3-9-23-48)49-24-10-4-11-25-49)64(51-36-33-45(34-37-51)44-19-6-2-7-20-44)52-28-18-21-46(41-52)47-35-38-56-55-30-15-17-32-59(55)63(60(56)42-47)50-26-12-5-13-27-50/h2-42H,43H2,1H3. The Bertz CT molecular complexity index is 3360. The van der Waals surface area contributed by atoms with Crippen LogP contribution in [-0.4, -0.2) is 10.1 Å². The Morgan fingerprint density at radius 3 is 1.73 bits per heavy atom. The summed E-state index contributed by atoms with van der Waals surface area (Å²) in [6.45, 7) is 2.43. The highest BCUT2D eigenvalue weighted by Crippen LogP contribution is 2.59. The Hall–Kier alpha value is -7.94.